The van der Waals surface area contributed by atoms with Gasteiger partial charge in [-0.3, -0.25) is 0 Å². The zero-order chi connectivity index (χ0) is 14.6. The molecule has 3 nitrogen and oxygen atoms in total. The average molecular weight is 277 g/mol. The van der Waals surface area contributed by atoms with E-state index in [0.717, 1.165) is 32.7 Å². The third-order valence-electron chi connectivity index (χ3n) is 4.33. The Bertz CT molecular complexity index is 433. The minimum atomic E-state index is -0.152. The maximum absolute atomic E-state index is 6.23. The van der Waals surface area contributed by atoms with E-state index in [-0.39, 0.29) is 11.6 Å². The smallest absolute Gasteiger partial charge is 0.0919 e. The monoisotopic (exact) mass is 277 g/mol. The molecule has 1 aliphatic heterocycles. The number of ether oxygens (including phenoxy) is 2. The molecule has 112 valence electrons. The number of aryl methyl sites for hydroxylation is 2. The largest absolute Gasteiger partial charge is 0.381 e. The highest BCUT2D eigenvalue weighted by Gasteiger charge is 2.41. The minimum absolute atomic E-state index is 0.152. The zero-order valence-electron chi connectivity index (χ0n) is 13.2. The fourth-order valence-electron chi connectivity index (χ4n) is 3.29. The predicted molar refractivity (Wildman–Crippen MR) is 82.1 cm³/mol. The van der Waals surface area contributed by atoms with Gasteiger partial charge in [0.15, 0.2) is 0 Å². The van der Waals surface area contributed by atoms with Crippen LogP contribution >= 0.6 is 0 Å². The summed E-state index contributed by atoms with van der Waals surface area (Å²) in [6.45, 7) is 8.70. The first-order chi connectivity index (χ1) is 9.63. The molecule has 3 heteroatoms. The van der Waals surface area contributed by atoms with Crippen LogP contribution in [0.25, 0.3) is 0 Å². The van der Waals surface area contributed by atoms with E-state index in [1.807, 2.05) is 7.05 Å². The van der Waals surface area contributed by atoms with Crippen LogP contribution in [-0.2, 0) is 9.47 Å². The molecular formula is C17H27NO2. The van der Waals surface area contributed by atoms with Crippen molar-refractivity contribution in [3.8, 4) is 0 Å². The van der Waals surface area contributed by atoms with E-state index < -0.39 is 0 Å². The summed E-state index contributed by atoms with van der Waals surface area (Å²) in [6.07, 6.45) is 1.89. The predicted octanol–water partition coefficient (Wildman–Crippen LogP) is 3.15. The molecule has 0 amide bonds. The van der Waals surface area contributed by atoms with Gasteiger partial charge in [-0.2, -0.15) is 0 Å². The van der Waals surface area contributed by atoms with Gasteiger partial charge in [-0.1, -0.05) is 23.8 Å². The first-order valence-electron chi connectivity index (χ1n) is 7.59. The van der Waals surface area contributed by atoms with Crippen LogP contribution in [0.15, 0.2) is 18.2 Å². The Labute approximate surface area is 122 Å². The Morgan fingerprint density at radius 1 is 1.30 bits per heavy atom. The van der Waals surface area contributed by atoms with Crippen molar-refractivity contribution in [2.75, 3.05) is 26.9 Å². The fourth-order valence-corrected chi connectivity index (χ4v) is 3.29. The van der Waals surface area contributed by atoms with Gasteiger partial charge in [0.1, 0.15) is 0 Å². The molecule has 0 saturated carbocycles. The van der Waals surface area contributed by atoms with Crippen molar-refractivity contribution in [2.24, 2.45) is 0 Å². The van der Waals surface area contributed by atoms with Crippen LogP contribution in [-0.4, -0.2) is 32.5 Å². The lowest BCUT2D eigenvalue weighted by Gasteiger charge is -2.43. The summed E-state index contributed by atoms with van der Waals surface area (Å²) in [5, 5.41) is 3.50. The van der Waals surface area contributed by atoms with Gasteiger partial charge in [0.05, 0.1) is 11.6 Å². The fraction of sp³-hybridized carbons (Fsp3) is 0.647. The maximum atomic E-state index is 6.23. The number of rotatable bonds is 5. The molecule has 1 atom stereocenters. The van der Waals surface area contributed by atoms with Crippen LogP contribution in [0, 0.1) is 13.8 Å². The SMILES string of the molecule is CCOC1(C(NC)c2cc(C)ccc2C)CCOCC1. The molecule has 1 aromatic carbocycles. The quantitative estimate of drug-likeness (QED) is 0.897. The summed E-state index contributed by atoms with van der Waals surface area (Å²) in [7, 11) is 2.03. The lowest BCUT2D eigenvalue weighted by Crippen LogP contribution is -2.49. The van der Waals surface area contributed by atoms with Gasteiger partial charge >= 0.3 is 0 Å². The molecule has 1 fully saturated rings. The first kappa shape index (κ1) is 15.5. The zero-order valence-corrected chi connectivity index (χ0v) is 13.2. The van der Waals surface area contributed by atoms with Gasteiger partial charge < -0.3 is 14.8 Å². The molecule has 1 saturated heterocycles. The van der Waals surface area contributed by atoms with E-state index in [1.165, 1.54) is 16.7 Å². The summed E-state index contributed by atoms with van der Waals surface area (Å²) in [6, 6.07) is 6.87. The molecule has 0 aromatic heterocycles. The van der Waals surface area contributed by atoms with Crippen LogP contribution < -0.4 is 5.32 Å². The highest BCUT2D eigenvalue weighted by Crippen LogP contribution is 2.39. The summed E-state index contributed by atoms with van der Waals surface area (Å²) < 4.78 is 11.8. The Balaban J connectivity index is 2.39. The van der Waals surface area contributed by atoms with Crippen molar-refractivity contribution in [1.82, 2.24) is 5.32 Å². The second-order valence-electron chi connectivity index (χ2n) is 5.69. The van der Waals surface area contributed by atoms with Crippen LogP contribution in [0.2, 0.25) is 0 Å². The Morgan fingerprint density at radius 2 is 2.00 bits per heavy atom. The highest BCUT2D eigenvalue weighted by atomic mass is 16.5. The molecule has 0 radical (unpaired) electrons. The highest BCUT2D eigenvalue weighted by molar-refractivity contribution is 5.35. The maximum Gasteiger partial charge on any atom is 0.0919 e. The van der Waals surface area contributed by atoms with Crippen molar-refractivity contribution < 1.29 is 9.47 Å². The molecule has 1 heterocycles. The molecule has 0 aliphatic carbocycles. The third-order valence-corrected chi connectivity index (χ3v) is 4.33. The standard InChI is InChI=1S/C17H27NO2/c1-5-20-17(8-10-19-11-9-17)16(18-4)15-12-13(2)6-7-14(15)3/h6-7,12,16,18H,5,8-11H2,1-4H3. The molecule has 20 heavy (non-hydrogen) atoms. The Hall–Kier alpha value is -0.900. The molecular weight excluding hydrogens is 250 g/mol. The van der Waals surface area contributed by atoms with E-state index in [1.54, 1.807) is 0 Å². The second-order valence-corrected chi connectivity index (χ2v) is 5.69. The lowest BCUT2D eigenvalue weighted by molar-refractivity contribution is -0.127. The van der Waals surface area contributed by atoms with Crippen LogP contribution in [0.4, 0.5) is 0 Å². The van der Waals surface area contributed by atoms with Gasteiger partial charge in [-0.05, 0) is 38.9 Å². The van der Waals surface area contributed by atoms with Gasteiger partial charge in [0.2, 0.25) is 0 Å². The molecule has 0 spiro atoms. The molecule has 2 rings (SSSR count). The minimum Gasteiger partial charge on any atom is -0.381 e. The van der Waals surface area contributed by atoms with Crippen molar-refractivity contribution in [3.63, 3.8) is 0 Å². The average Bonchev–Trinajstić information content (AvgIpc) is 2.45. The second kappa shape index (κ2) is 6.70. The van der Waals surface area contributed by atoms with Crippen molar-refractivity contribution in [2.45, 2.75) is 45.3 Å². The van der Waals surface area contributed by atoms with Crippen molar-refractivity contribution in [1.29, 1.82) is 0 Å². The summed E-state index contributed by atoms with van der Waals surface area (Å²) >= 11 is 0. The van der Waals surface area contributed by atoms with E-state index in [0.29, 0.717) is 0 Å². The van der Waals surface area contributed by atoms with Gasteiger partial charge in [0.25, 0.3) is 0 Å². The lowest BCUT2D eigenvalue weighted by atomic mass is 9.80. The van der Waals surface area contributed by atoms with Crippen molar-refractivity contribution >= 4 is 0 Å². The summed E-state index contributed by atoms with van der Waals surface area (Å²) in [4.78, 5) is 0. The van der Waals surface area contributed by atoms with Crippen LogP contribution in [0.5, 0.6) is 0 Å². The number of likely N-dealkylation sites (N-methyl/N-ethyl adjacent to an activating group) is 1. The van der Waals surface area contributed by atoms with Gasteiger partial charge in [0, 0.05) is 32.7 Å². The third kappa shape index (κ3) is 3.05. The number of nitrogens with one attached hydrogen (secondary N) is 1. The number of hydrogen-bond acceptors (Lipinski definition) is 3. The van der Waals surface area contributed by atoms with Crippen LogP contribution in [0.3, 0.4) is 0 Å². The Kier molecular flexibility index (Phi) is 5.19. The Morgan fingerprint density at radius 3 is 2.60 bits per heavy atom. The molecule has 0 bridgehead atoms. The molecule has 1 N–H and O–H groups in total. The topological polar surface area (TPSA) is 30.5 Å². The molecule has 1 aromatic rings. The van der Waals surface area contributed by atoms with E-state index in [4.69, 9.17) is 9.47 Å². The van der Waals surface area contributed by atoms with Crippen LogP contribution in [0.1, 0.15) is 42.5 Å². The number of hydrogen-bond donors (Lipinski definition) is 1. The first-order valence-corrected chi connectivity index (χ1v) is 7.59. The van der Waals surface area contributed by atoms with E-state index >= 15 is 0 Å². The van der Waals surface area contributed by atoms with E-state index in [9.17, 15) is 0 Å². The number of benzene rings is 1. The van der Waals surface area contributed by atoms with Gasteiger partial charge in [-0.15, -0.1) is 0 Å². The van der Waals surface area contributed by atoms with E-state index in [2.05, 4.69) is 44.3 Å². The summed E-state index contributed by atoms with van der Waals surface area (Å²) in [5.41, 5.74) is 3.81. The summed E-state index contributed by atoms with van der Waals surface area (Å²) in [5.74, 6) is 0. The van der Waals surface area contributed by atoms with Crippen molar-refractivity contribution in [3.05, 3.63) is 34.9 Å². The molecule has 1 aliphatic rings. The molecule has 1 unspecified atom stereocenters. The van der Waals surface area contributed by atoms with Gasteiger partial charge in [-0.25, -0.2) is 0 Å². The normalized spacial score (nSPS) is 19.8.